The Balaban J connectivity index is -0.000000107. The molecule has 0 amide bonds. The molecule has 1 atom stereocenters. The molecule has 0 aliphatic rings. The minimum Gasteiger partial charge on any atom is -1.00 e. The molecule has 3 nitrogen and oxygen atoms in total. The van der Waals surface area contributed by atoms with Crippen molar-refractivity contribution in [2.24, 2.45) is 5.73 Å². The number of nitrogens with two attached hydrogens (primary N) is 1. The monoisotopic (exact) mass is 157 g/mol. The molecular weight excluding hydrogens is 142 g/mol. The largest absolute Gasteiger partial charge is 2.00 e. The van der Waals surface area contributed by atoms with Crippen LogP contribution >= 0.6 is 0 Å². The summed E-state index contributed by atoms with van der Waals surface area (Å²) in [6.45, 7) is 2.01. The molecule has 0 aromatic carbocycles. The summed E-state index contributed by atoms with van der Waals surface area (Å²) in [5.41, 5.74) is 5.20. The Morgan fingerprint density at radius 1 is 1.80 bits per heavy atom. The van der Waals surface area contributed by atoms with E-state index in [2.05, 4.69) is 0 Å². The molecule has 0 heterocycles. The van der Waals surface area contributed by atoms with Crippen LogP contribution in [0.25, 0.3) is 0 Å². The van der Waals surface area contributed by atoms with Crippen molar-refractivity contribution in [3.63, 3.8) is 0 Å². The molecule has 0 bridgehead atoms. The van der Waals surface area contributed by atoms with Gasteiger partial charge in [0.05, 0.1) is 0 Å². The average molecular weight is 157 g/mol. The molecule has 0 fully saturated rings. The van der Waals surface area contributed by atoms with E-state index in [1.165, 1.54) is 0 Å². The van der Waals surface area contributed by atoms with Crippen molar-refractivity contribution in [3.8, 4) is 0 Å². The maximum Gasteiger partial charge on any atom is 2.00 e. The van der Waals surface area contributed by atoms with Gasteiger partial charge in [-0.2, -0.15) is 0 Å². The summed E-state index contributed by atoms with van der Waals surface area (Å²) in [7, 11) is 0. The van der Waals surface area contributed by atoms with Crippen molar-refractivity contribution in [3.05, 3.63) is 0 Å². The number of unbranched alkanes of at least 4 members (excludes halogenated alkanes) is 1. The van der Waals surface area contributed by atoms with Crippen molar-refractivity contribution in [2.75, 3.05) is 0 Å². The molecule has 0 radical (unpaired) electrons. The molecule has 0 aliphatic carbocycles. The van der Waals surface area contributed by atoms with Gasteiger partial charge in [-0.25, -0.2) is 0 Å². The maximum atomic E-state index is 10.1. The molecule has 0 rings (SSSR count). The molecule has 0 spiro atoms. The van der Waals surface area contributed by atoms with Gasteiger partial charge in [0, 0.05) is 0 Å². The Bertz CT molecular complexity index is 106. The van der Waals surface area contributed by atoms with Gasteiger partial charge in [0.1, 0.15) is 6.04 Å². The van der Waals surface area contributed by atoms with Crippen LogP contribution in [0.5, 0.6) is 0 Å². The molecular formula is C6H15MgNO2. The summed E-state index contributed by atoms with van der Waals surface area (Å²) >= 11 is 0. The topological polar surface area (TPSA) is 63.3 Å². The quantitative estimate of drug-likeness (QED) is 0.582. The van der Waals surface area contributed by atoms with Crippen molar-refractivity contribution >= 4 is 29.0 Å². The third-order valence-corrected chi connectivity index (χ3v) is 1.19. The van der Waals surface area contributed by atoms with Gasteiger partial charge in [-0.1, -0.05) is 19.8 Å². The van der Waals surface area contributed by atoms with Gasteiger partial charge in [-0.05, 0) is 6.42 Å². The van der Waals surface area contributed by atoms with E-state index in [9.17, 15) is 4.79 Å². The maximum absolute atomic E-state index is 10.1. The van der Waals surface area contributed by atoms with Gasteiger partial charge < -0.3 is 13.7 Å². The van der Waals surface area contributed by atoms with Crippen LogP contribution in [-0.4, -0.2) is 40.2 Å². The van der Waals surface area contributed by atoms with Crippen LogP contribution in [0.2, 0.25) is 0 Å². The molecule has 0 aromatic rings. The van der Waals surface area contributed by atoms with Crippen LogP contribution in [0, 0.1) is 0 Å². The van der Waals surface area contributed by atoms with Gasteiger partial charge in [-0.3, -0.25) is 4.79 Å². The molecule has 10 heavy (non-hydrogen) atoms. The molecule has 4 heteroatoms. The number of hydrogen-bond donors (Lipinski definition) is 2. The number of carbonyl (C=O) groups is 1. The number of rotatable bonds is 4. The van der Waals surface area contributed by atoms with Crippen LogP contribution < -0.4 is 5.73 Å². The summed E-state index contributed by atoms with van der Waals surface area (Å²) in [5, 5.41) is 8.28. The number of carboxylic acids is 1. The predicted molar refractivity (Wildman–Crippen MR) is 43.1 cm³/mol. The summed E-state index contributed by atoms with van der Waals surface area (Å²) in [6, 6.07) is -0.662. The van der Waals surface area contributed by atoms with E-state index in [-0.39, 0.29) is 25.9 Å². The fraction of sp³-hybridized carbons (Fsp3) is 0.833. The molecule has 0 saturated heterocycles. The Morgan fingerprint density at radius 3 is 2.60 bits per heavy atom. The van der Waals surface area contributed by atoms with Crippen LogP contribution in [0.15, 0.2) is 0 Å². The second kappa shape index (κ2) is 7.30. The Hall–Kier alpha value is 0.196. The van der Waals surface area contributed by atoms with Crippen molar-refractivity contribution in [2.45, 2.75) is 32.2 Å². The summed E-state index contributed by atoms with van der Waals surface area (Å²) in [4.78, 5) is 10.1. The van der Waals surface area contributed by atoms with Crippen molar-refractivity contribution in [1.82, 2.24) is 0 Å². The Kier molecular flexibility index (Phi) is 9.38. The smallest absolute Gasteiger partial charge is 1.00 e. The fourth-order valence-electron chi connectivity index (χ4n) is 0.548. The zero-order valence-corrected chi connectivity index (χ0v) is 7.75. The SMILES string of the molecule is CCCCC(N)C(=O)O.[H-].[H-].[Mg+2]. The van der Waals surface area contributed by atoms with E-state index in [4.69, 9.17) is 10.8 Å². The van der Waals surface area contributed by atoms with E-state index < -0.39 is 12.0 Å². The Morgan fingerprint density at radius 2 is 2.30 bits per heavy atom. The van der Waals surface area contributed by atoms with E-state index in [0.717, 1.165) is 12.8 Å². The molecule has 0 aromatic heterocycles. The normalized spacial score (nSPS) is 11.8. The zero-order valence-electron chi connectivity index (χ0n) is 8.34. The first-order valence-electron chi connectivity index (χ1n) is 3.17. The van der Waals surface area contributed by atoms with Gasteiger partial charge in [0.25, 0.3) is 0 Å². The van der Waals surface area contributed by atoms with E-state index in [0.29, 0.717) is 6.42 Å². The van der Waals surface area contributed by atoms with Crippen LogP contribution in [0.4, 0.5) is 0 Å². The Labute approximate surface area is 80.1 Å². The van der Waals surface area contributed by atoms with E-state index >= 15 is 0 Å². The van der Waals surface area contributed by atoms with Gasteiger partial charge in [0.2, 0.25) is 0 Å². The second-order valence-corrected chi connectivity index (χ2v) is 2.09. The van der Waals surface area contributed by atoms with Gasteiger partial charge in [0.15, 0.2) is 0 Å². The molecule has 0 saturated carbocycles. The second-order valence-electron chi connectivity index (χ2n) is 2.09. The van der Waals surface area contributed by atoms with E-state index in [1.807, 2.05) is 6.92 Å². The predicted octanol–water partition coefficient (Wildman–Crippen LogP) is 0.433. The number of hydrogen-bond acceptors (Lipinski definition) is 2. The summed E-state index contributed by atoms with van der Waals surface area (Å²) < 4.78 is 0. The zero-order chi connectivity index (χ0) is 7.28. The third-order valence-electron chi connectivity index (χ3n) is 1.19. The van der Waals surface area contributed by atoms with Gasteiger partial charge >= 0.3 is 29.0 Å². The standard InChI is InChI=1S/C6H13NO2.Mg.2H/c1-2-3-4-5(7)6(8)9;;;/h5H,2-4,7H2,1H3,(H,8,9);;;/q;+2;2*-1. The molecule has 0 aliphatic heterocycles. The first kappa shape index (κ1) is 12.8. The molecule has 58 valence electrons. The summed E-state index contributed by atoms with van der Waals surface area (Å²) in [5.74, 6) is -0.900. The average Bonchev–Trinajstić information content (AvgIpc) is 1.82. The van der Waals surface area contributed by atoms with Gasteiger partial charge in [-0.15, -0.1) is 0 Å². The third kappa shape index (κ3) is 6.32. The minimum atomic E-state index is -0.900. The molecule has 3 N–H and O–H groups in total. The van der Waals surface area contributed by atoms with E-state index in [1.54, 1.807) is 0 Å². The van der Waals surface area contributed by atoms with Crippen LogP contribution in [-0.2, 0) is 4.79 Å². The first-order valence-corrected chi connectivity index (χ1v) is 3.17. The van der Waals surface area contributed by atoms with Crippen LogP contribution in [0.3, 0.4) is 0 Å². The fourth-order valence-corrected chi connectivity index (χ4v) is 0.548. The number of carboxylic acid groups (broad SMARTS) is 1. The van der Waals surface area contributed by atoms with Crippen LogP contribution in [0.1, 0.15) is 29.0 Å². The molecule has 1 unspecified atom stereocenters. The number of aliphatic carboxylic acids is 1. The first-order chi connectivity index (χ1) is 4.18. The summed E-state index contributed by atoms with van der Waals surface area (Å²) in [6.07, 6.45) is 2.49. The van der Waals surface area contributed by atoms with Crippen molar-refractivity contribution in [1.29, 1.82) is 0 Å². The minimum absolute atomic E-state index is 0. The van der Waals surface area contributed by atoms with Crippen molar-refractivity contribution < 1.29 is 12.8 Å².